The molecular formula is C40H39N3O6S. The van der Waals surface area contributed by atoms with Crippen LogP contribution in [0, 0.1) is 0 Å². The van der Waals surface area contributed by atoms with Crippen molar-refractivity contribution in [2.75, 3.05) is 24.4 Å². The number of carbonyl (C=O) groups excluding carboxylic acids is 3. The molecule has 9 nitrogen and oxygen atoms in total. The molecule has 0 bridgehead atoms. The molecule has 1 atom stereocenters. The third-order valence-electron chi connectivity index (χ3n) is 7.50. The lowest BCUT2D eigenvalue weighted by Crippen LogP contribution is -2.30. The topological polar surface area (TPSA) is 119 Å². The molecule has 0 spiro atoms. The zero-order valence-electron chi connectivity index (χ0n) is 28.1. The van der Waals surface area contributed by atoms with Gasteiger partial charge in [-0.15, -0.1) is 11.8 Å². The molecular weight excluding hydrogens is 651 g/mol. The second-order valence-electron chi connectivity index (χ2n) is 11.2. The van der Waals surface area contributed by atoms with E-state index < -0.39 is 11.8 Å². The summed E-state index contributed by atoms with van der Waals surface area (Å²) in [6.45, 7) is 4.61. The van der Waals surface area contributed by atoms with Crippen molar-refractivity contribution in [3.63, 3.8) is 0 Å². The van der Waals surface area contributed by atoms with Gasteiger partial charge in [-0.1, -0.05) is 43.7 Å². The van der Waals surface area contributed by atoms with Crippen molar-refractivity contribution >= 4 is 46.9 Å². The van der Waals surface area contributed by atoms with E-state index in [9.17, 15) is 14.4 Å². The zero-order chi connectivity index (χ0) is 35.3. The fourth-order valence-electron chi connectivity index (χ4n) is 4.79. The minimum absolute atomic E-state index is 0.0101. The Morgan fingerprint density at radius 3 is 2.22 bits per heavy atom. The standard InChI is InChI=1S/C40H39N3O6S/c1-4-5-25-48-31-19-15-29(16-20-31)41-38(44)27(2)50-33-22-17-30(18-23-33)42-40(46)35(43-39(45)28-11-7-6-8-12-28)26-32-21-24-37(49-32)34-13-9-10-14-36(34)47-3/h6-24,26-27H,4-5,25H2,1-3H3,(H,41,44)(H,42,46)(H,43,45). The number of furan rings is 1. The smallest absolute Gasteiger partial charge is 0.272 e. The van der Waals surface area contributed by atoms with Crippen molar-refractivity contribution in [3.8, 4) is 22.8 Å². The zero-order valence-corrected chi connectivity index (χ0v) is 28.9. The van der Waals surface area contributed by atoms with Gasteiger partial charge in [0.15, 0.2) is 0 Å². The molecule has 4 aromatic carbocycles. The van der Waals surface area contributed by atoms with E-state index in [-0.39, 0.29) is 16.9 Å². The minimum Gasteiger partial charge on any atom is -0.496 e. The molecule has 0 radical (unpaired) electrons. The quantitative estimate of drug-likeness (QED) is 0.0572. The molecule has 1 heterocycles. The fraction of sp³-hybridized carbons (Fsp3) is 0.175. The lowest BCUT2D eigenvalue weighted by Gasteiger charge is -2.14. The Bertz CT molecular complexity index is 1920. The largest absolute Gasteiger partial charge is 0.496 e. The summed E-state index contributed by atoms with van der Waals surface area (Å²) in [6, 6.07) is 34.0. The number of hydrogen-bond donors (Lipinski definition) is 3. The van der Waals surface area contributed by atoms with Crippen LogP contribution in [0.2, 0.25) is 0 Å². The predicted molar refractivity (Wildman–Crippen MR) is 198 cm³/mol. The Labute approximate surface area is 296 Å². The lowest BCUT2D eigenvalue weighted by atomic mass is 10.1. The van der Waals surface area contributed by atoms with E-state index in [1.807, 2.05) is 67.6 Å². The summed E-state index contributed by atoms with van der Waals surface area (Å²) in [4.78, 5) is 40.4. The third-order valence-corrected chi connectivity index (χ3v) is 8.61. The Balaban J connectivity index is 1.24. The van der Waals surface area contributed by atoms with Crippen LogP contribution in [0.25, 0.3) is 17.4 Å². The summed E-state index contributed by atoms with van der Waals surface area (Å²) in [7, 11) is 1.58. The van der Waals surface area contributed by atoms with Crippen LogP contribution in [0.4, 0.5) is 11.4 Å². The highest BCUT2D eigenvalue weighted by atomic mass is 32.2. The number of amides is 3. The number of benzene rings is 4. The van der Waals surface area contributed by atoms with Crippen molar-refractivity contribution in [1.82, 2.24) is 5.32 Å². The Hall–Kier alpha value is -5.74. The number of unbranched alkanes of at least 4 members (excludes halogenated alkanes) is 1. The maximum atomic E-state index is 13.6. The molecule has 0 saturated carbocycles. The summed E-state index contributed by atoms with van der Waals surface area (Å²) < 4.78 is 17.2. The molecule has 50 heavy (non-hydrogen) atoms. The van der Waals surface area contributed by atoms with Crippen molar-refractivity contribution in [2.45, 2.75) is 36.8 Å². The van der Waals surface area contributed by atoms with Gasteiger partial charge in [-0.05, 0) is 98.3 Å². The van der Waals surface area contributed by atoms with E-state index in [0.29, 0.717) is 40.8 Å². The molecule has 256 valence electrons. The van der Waals surface area contributed by atoms with Crippen molar-refractivity contribution in [2.24, 2.45) is 0 Å². The first kappa shape index (κ1) is 35.6. The molecule has 0 saturated heterocycles. The maximum absolute atomic E-state index is 13.6. The monoisotopic (exact) mass is 689 g/mol. The van der Waals surface area contributed by atoms with Gasteiger partial charge in [0.2, 0.25) is 5.91 Å². The molecule has 3 amide bonds. The number of carbonyl (C=O) groups is 3. The lowest BCUT2D eigenvalue weighted by molar-refractivity contribution is -0.115. The molecule has 1 aromatic heterocycles. The third kappa shape index (κ3) is 9.90. The van der Waals surface area contributed by atoms with Gasteiger partial charge in [-0.2, -0.15) is 0 Å². The van der Waals surface area contributed by atoms with Crippen LogP contribution in [0.1, 0.15) is 42.8 Å². The molecule has 10 heteroatoms. The number of thioether (sulfide) groups is 1. The highest BCUT2D eigenvalue weighted by molar-refractivity contribution is 8.00. The Morgan fingerprint density at radius 2 is 1.50 bits per heavy atom. The van der Waals surface area contributed by atoms with Gasteiger partial charge in [0.25, 0.3) is 11.8 Å². The second kappa shape index (κ2) is 17.6. The van der Waals surface area contributed by atoms with Crippen LogP contribution in [-0.2, 0) is 9.59 Å². The van der Waals surface area contributed by atoms with E-state index in [1.165, 1.54) is 17.8 Å². The van der Waals surface area contributed by atoms with Gasteiger partial charge >= 0.3 is 0 Å². The first-order chi connectivity index (χ1) is 24.3. The Morgan fingerprint density at radius 1 is 0.820 bits per heavy atom. The second-order valence-corrected chi connectivity index (χ2v) is 12.6. The van der Waals surface area contributed by atoms with E-state index in [2.05, 4.69) is 22.9 Å². The molecule has 0 aliphatic carbocycles. The summed E-state index contributed by atoms with van der Waals surface area (Å²) in [5.74, 6) is 1.19. The Kier molecular flexibility index (Phi) is 12.5. The maximum Gasteiger partial charge on any atom is 0.272 e. The highest BCUT2D eigenvalue weighted by Gasteiger charge is 2.18. The van der Waals surface area contributed by atoms with Crippen LogP contribution in [0.3, 0.4) is 0 Å². The summed E-state index contributed by atoms with van der Waals surface area (Å²) in [5, 5.41) is 8.14. The van der Waals surface area contributed by atoms with Gasteiger partial charge in [0.05, 0.1) is 24.5 Å². The highest BCUT2D eigenvalue weighted by Crippen LogP contribution is 2.32. The number of ether oxygens (including phenoxy) is 2. The molecule has 5 rings (SSSR count). The summed E-state index contributed by atoms with van der Waals surface area (Å²) in [6.07, 6.45) is 3.53. The fourth-order valence-corrected chi connectivity index (χ4v) is 5.66. The van der Waals surface area contributed by atoms with Gasteiger partial charge in [0.1, 0.15) is 28.7 Å². The van der Waals surface area contributed by atoms with Crippen molar-refractivity contribution in [1.29, 1.82) is 0 Å². The number of nitrogens with one attached hydrogen (secondary N) is 3. The molecule has 0 aliphatic rings. The summed E-state index contributed by atoms with van der Waals surface area (Å²) >= 11 is 1.39. The van der Waals surface area contributed by atoms with Crippen LogP contribution < -0.4 is 25.4 Å². The average Bonchev–Trinajstić information content (AvgIpc) is 3.61. The average molecular weight is 690 g/mol. The van der Waals surface area contributed by atoms with Gasteiger partial charge < -0.3 is 29.8 Å². The molecule has 1 unspecified atom stereocenters. The number of hydrogen-bond acceptors (Lipinski definition) is 7. The molecule has 0 aliphatic heterocycles. The van der Waals surface area contributed by atoms with Crippen LogP contribution in [0.5, 0.6) is 11.5 Å². The number of para-hydroxylation sites is 1. The number of rotatable bonds is 15. The van der Waals surface area contributed by atoms with Gasteiger partial charge in [-0.3, -0.25) is 14.4 Å². The molecule has 0 fully saturated rings. The predicted octanol–water partition coefficient (Wildman–Crippen LogP) is 8.66. The van der Waals surface area contributed by atoms with E-state index >= 15 is 0 Å². The first-order valence-electron chi connectivity index (χ1n) is 16.3. The number of methoxy groups -OCH3 is 1. The number of anilines is 2. The first-order valence-corrected chi connectivity index (χ1v) is 17.1. The SMILES string of the molecule is CCCCOc1ccc(NC(=O)C(C)Sc2ccc(NC(=O)C(=Cc3ccc(-c4ccccc4OC)o3)NC(=O)c3ccccc3)cc2)cc1. The van der Waals surface area contributed by atoms with Crippen molar-refractivity contribution in [3.05, 3.63) is 132 Å². The molecule has 3 N–H and O–H groups in total. The van der Waals surface area contributed by atoms with Crippen LogP contribution in [-0.4, -0.2) is 36.7 Å². The minimum atomic E-state index is -0.542. The van der Waals surface area contributed by atoms with Crippen LogP contribution in [0.15, 0.2) is 130 Å². The molecule has 5 aromatic rings. The van der Waals surface area contributed by atoms with E-state index in [1.54, 1.807) is 61.7 Å². The van der Waals surface area contributed by atoms with Gasteiger partial charge in [0, 0.05) is 27.9 Å². The van der Waals surface area contributed by atoms with Gasteiger partial charge in [-0.25, -0.2) is 0 Å². The van der Waals surface area contributed by atoms with Crippen molar-refractivity contribution < 1.29 is 28.3 Å². The normalized spacial score (nSPS) is 11.7. The summed E-state index contributed by atoms with van der Waals surface area (Å²) in [5.41, 5.74) is 2.34. The van der Waals surface area contributed by atoms with Crippen LogP contribution >= 0.6 is 11.8 Å². The van der Waals surface area contributed by atoms with E-state index in [0.717, 1.165) is 29.1 Å². The van der Waals surface area contributed by atoms with E-state index in [4.69, 9.17) is 13.9 Å².